The van der Waals surface area contributed by atoms with E-state index in [-0.39, 0.29) is 0 Å². The predicted octanol–water partition coefficient (Wildman–Crippen LogP) is 1.36. The minimum absolute atomic E-state index is 0.316. The lowest BCUT2D eigenvalue weighted by Crippen LogP contribution is -1.97. The van der Waals surface area contributed by atoms with Gasteiger partial charge in [0, 0.05) is 23.7 Å². The van der Waals surface area contributed by atoms with Crippen molar-refractivity contribution in [2.75, 3.05) is 5.73 Å². The Morgan fingerprint density at radius 1 is 1.38 bits per heavy atom. The summed E-state index contributed by atoms with van der Waals surface area (Å²) in [5.74, 6) is 0.316. The van der Waals surface area contributed by atoms with E-state index in [1.807, 2.05) is 31.5 Å². The molecule has 0 unspecified atom stereocenters. The molecule has 0 atom stereocenters. The molecule has 0 aliphatic carbocycles. The highest BCUT2D eigenvalue weighted by atomic mass is 15.0. The molecule has 0 aliphatic rings. The Bertz CT molecular complexity index is 385. The number of nitrogens with two attached hydrogens (primary N) is 1. The van der Waals surface area contributed by atoms with Crippen LogP contribution in [0.5, 0.6) is 0 Å². The van der Waals surface area contributed by atoms with Crippen LogP contribution < -0.4 is 5.73 Å². The molecule has 2 aromatic heterocycles. The molecule has 0 bridgehead atoms. The number of aromatic amines is 1. The molecule has 0 spiro atoms. The number of aryl methyl sites for hydroxylation is 1. The van der Waals surface area contributed by atoms with Crippen LogP contribution >= 0.6 is 0 Å². The lowest BCUT2D eigenvalue weighted by Gasteiger charge is -1.99. The largest absolute Gasteiger partial charge is 0.368 e. The molecule has 0 fully saturated rings. The second-order valence-electron chi connectivity index (χ2n) is 2.85. The fourth-order valence-corrected chi connectivity index (χ4v) is 1.22. The zero-order valence-electron chi connectivity index (χ0n) is 7.28. The first-order valence-electron chi connectivity index (χ1n) is 4.00. The topological polar surface area (TPSA) is 67.6 Å². The van der Waals surface area contributed by atoms with Crippen LogP contribution in [-0.2, 0) is 0 Å². The van der Waals surface area contributed by atoms with Crippen molar-refractivity contribution in [3.8, 4) is 11.3 Å². The number of H-pyrrole nitrogens is 1. The van der Waals surface area contributed by atoms with Crippen LogP contribution in [0, 0.1) is 6.92 Å². The van der Waals surface area contributed by atoms with Gasteiger partial charge in [-0.15, -0.1) is 0 Å². The molecule has 2 heterocycles. The average molecular weight is 174 g/mol. The highest BCUT2D eigenvalue weighted by Crippen LogP contribution is 2.16. The van der Waals surface area contributed by atoms with Gasteiger partial charge in [-0.05, 0) is 19.1 Å². The molecule has 0 saturated carbocycles. The monoisotopic (exact) mass is 174 g/mol. The number of aromatic nitrogens is 3. The molecular weight excluding hydrogens is 164 g/mol. The van der Waals surface area contributed by atoms with Crippen LogP contribution in [0.1, 0.15) is 5.69 Å². The van der Waals surface area contributed by atoms with E-state index in [2.05, 4.69) is 15.0 Å². The molecule has 4 nitrogen and oxygen atoms in total. The summed E-state index contributed by atoms with van der Waals surface area (Å²) in [6.07, 6.45) is 3.73. The van der Waals surface area contributed by atoms with E-state index in [1.54, 1.807) is 0 Å². The van der Waals surface area contributed by atoms with Crippen molar-refractivity contribution in [2.45, 2.75) is 6.92 Å². The van der Waals surface area contributed by atoms with Gasteiger partial charge in [-0.3, -0.25) is 0 Å². The Kier molecular flexibility index (Phi) is 1.73. The van der Waals surface area contributed by atoms with Crippen molar-refractivity contribution in [1.82, 2.24) is 15.0 Å². The summed E-state index contributed by atoms with van der Waals surface area (Å²) >= 11 is 0. The Hall–Kier alpha value is -1.84. The molecule has 13 heavy (non-hydrogen) atoms. The second-order valence-corrected chi connectivity index (χ2v) is 2.85. The standard InChI is InChI=1S/C9H10N4/c1-6-4-8(13-9(10)12-6)7-2-3-11-5-7/h2-5,11H,1H3,(H2,10,12,13). The lowest BCUT2D eigenvalue weighted by molar-refractivity contribution is 1.12. The SMILES string of the molecule is Cc1cc(-c2cc[nH]c2)nc(N)n1. The van der Waals surface area contributed by atoms with E-state index >= 15 is 0 Å². The number of nitrogens with one attached hydrogen (secondary N) is 1. The van der Waals surface area contributed by atoms with Gasteiger partial charge in [0.2, 0.25) is 5.95 Å². The Morgan fingerprint density at radius 3 is 2.85 bits per heavy atom. The fourth-order valence-electron chi connectivity index (χ4n) is 1.22. The Balaban J connectivity index is 2.53. The van der Waals surface area contributed by atoms with Gasteiger partial charge in [-0.25, -0.2) is 9.97 Å². The van der Waals surface area contributed by atoms with Crippen LogP contribution in [0.25, 0.3) is 11.3 Å². The number of hydrogen-bond donors (Lipinski definition) is 2. The highest BCUT2D eigenvalue weighted by molar-refractivity contribution is 5.59. The quantitative estimate of drug-likeness (QED) is 0.686. The van der Waals surface area contributed by atoms with E-state index < -0.39 is 0 Å². The van der Waals surface area contributed by atoms with Gasteiger partial charge in [-0.2, -0.15) is 0 Å². The summed E-state index contributed by atoms with van der Waals surface area (Å²) in [5, 5.41) is 0. The zero-order chi connectivity index (χ0) is 9.26. The molecule has 0 aromatic carbocycles. The van der Waals surface area contributed by atoms with Crippen molar-refractivity contribution in [2.24, 2.45) is 0 Å². The molecule has 66 valence electrons. The molecule has 4 heteroatoms. The molecule has 3 N–H and O–H groups in total. The first kappa shape index (κ1) is 7.79. The van der Waals surface area contributed by atoms with E-state index in [9.17, 15) is 0 Å². The van der Waals surface area contributed by atoms with Crippen molar-refractivity contribution in [1.29, 1.82) is 0 Å². The summed E-state index contributed by atoms with van der Waals surface area (Å²) in [6, 6.07) is 3.85. The van der Waals surface area contributed by atoms with Gasteiger partial charge in [0.1, 0.15) is 0 Å². The Morgan fingerprint density at radius 2 is 2.23 bits per heavy atom. The second kappa shape index (κ2) is 2.90. The first-order chi connectivity index (χ1) is 6.25. The zero-order valence-corrected chi connectivity index (χ0v) is 7.28. The molecule has 2 rings (SSSR count). The first-order valence-corrected chi connectivity index (χ1v) is 4.00. The number of hydrogen-bond acceptors (Lipinski definition) is 3. The molecule has 0 saturated heterocycles. The maximum atomic E-state index is 5.53. The van der Waals surface area contributed by atoms with Crippen LogP contribution in [0.3, 0.4) is 0 Å². The van der Waals surface area contributed by atoms with Crippen LogP contribution in [0.2, 0.25) is 0 Å². The average Bonchev–Trinajstić information content (AvgIpc) is 2.53. The van der Waals surface area contributed by atoms with Crippen LogP contribution in [0.15, 0.2) is 24.5 Å². The fraction of sp³-hybridized carbons (Fsp3) is 0.111. The van der Waals surface area contributed by atoms with Crippen LogP contribution in [-0.4, -0.2) is 15.0 Å². The molecule has 0 aliphatic heterocycles. The van der Waals surface area contributed by atoms with Gasteiger partial charge in [-0.1, -0.05) is 0 Å². The molecular formula is C9H10N4. The summed E-state index contributed by atoms with van der Waals surface area (Å²) < 4.78 is 0. The Labute approximate surface area is 75.8 Å². The van der Waals surface area contributed by atoms with E-state index in [1.165, 1.54) is 0 Å². The summed E-state index contributed by atoms with van der Waals surface area (Å²) in [4.78, 5) is 11.1. The third kappa shape index (κ3) is 1.51. The summed E-state index contributed by atoms with van der Waals surface area (Å²) in [7, 11) is 0. The molecule has 0 amide bonds. The minimum atomic E-state index is 0.316. The smallest absolute Gasteiger partial charge is 0.220 e. The van der Waals surface area contributed by atoms with Gasteiger partial charge < -0.3 is 10.7 Å². The number of nitrogens with zero attached hydrogens (tertiary/aromatic N) is 2. The maximum Gasteiger partial charge on any atom is 0.220 e. The predicted molar refractivity (Wildman–Crippen MR) is 51.0 cm³/mol. The molecule has 2 aromatic rings. The van der Waals surface area contributed by atoms with E-state index in [0.29, 0.717) is 5.95 Å². The van der Waals surface area contributed by atoms with Crippen molar-refractivity contribution in [3.63, 3.8) is 0 Å². The van der Waals surface area contributed by atoms with Gasteiger partial charge in [0.05, 0.1) is 5.69 Å². The van der Waals surface area contributed by atoms with Crippen LogP contribution in [0.4, 0.5) is 5.95 Å². The summed E-state index contributed by atoms with van der Waals surface area (Å²) in [5.41, 5.74) is 8.29. The van der Waals surface area contributed by atoms with E-state index in [4.69, 9.17) is 5.73 Å². The normalized spacial score (nSPS) is 10.2. The third-order valence-electron chi connectivity index (χ3n) is 1.77. The highest BCUT2D eigenvalue weighted by Gasteiger charge is 2.01. The summed E-state index contributed by atoms with van der Waals surface area (Å²) in [6.45, 7) is 1.90. The third-order valence-corrected chi connectivity index (χ3v) is 1.77. The molecule has 0 radical (unpaired) electrons. The van der Waals surface area contributed by atoms with Gasteiger partial charge >= 0.3 is 0 Å². The lowest BCUT2D eigenvalue weighted by atomic mass is 10.2. The number of rotatable bonds is 1. The number of anilines is 1. The van der Waals surface area contributed by atoms with E-state index in [0.717, 1.165) is 17.0 Å². The van der Waals surface area contributed by atoms with Crippen molar-refractivity contribution >= 4 is 5.95 Å². The minimum Gasteiger partial charge on any atom is -0.368 e. The van der Waals surface area contributed by atoms with Gasteiger partial charge in [0.25, 0.3) is 0 Å². The van der Waals surface area contributed by atoms with Crippen molar-refractivity contribution in [3.05, 3.63) is 30.2 Å². The number of nitrogen functional groups attached to an aromatic ring is 1. The van der Waals surface area contributed by atoms with Gasteiger partial charge in [0.15, 0.2) is 0 Å². The maximum absolute atomic E-state index is 5.53. The van der Waals surface area contributed by atoms with Crippen molar-refractivity contribution < 1.29 is 0 Å².